The Morgan fingerprint density at radius 2 is 1.93 bits per heavy atom. The number of rotatable bonds is 6. The number of nitrogens with one attached hydrogen (secondary N) is 2. The fourth-order valence-corrected chi connectivity index (χ4v) is 2.75. The number of carbonyl (C=O) groups excluding carboxylic acids is 1. The van der Waals surface area contributed by atoms with E-state index >= 15 is 0 Å². The van der Waals surface area contributed by atoms with Crippen LogP contribution in [0.25, 0.3) is 11.1 Å². The van der Waals surface area contributed by atoms with Gasteiger partial charge in [-0.15, -0.1) is 0 Å². The van der Waals surface area contributed by atoms with Crippen molar-refractivity contribution in [2.24, 2.45) is 0 Å². The molecule has 0 aliphatic rings. The molecule has 7 nitrogen and oxygen atoms in total. The number of ether oxygens (including phenoxy) is 1. The standard InChI is InChI=1S/C21H16FN5O2/c22-18-10-14(3-4-19(18)29-16-2-1-7-24-12-16)11-25-21(28)20-17(13-26-27-20)15-5-8-23-9-6-15/h1-10,12-13H,11H2,(H,25,28)(H,26,27). The fraction of sp³-hybridized carbons (Fsp3) is 0.0476. The maximum atomic E-state index is 14.3. The zero-order valence-electron chi connectivity index (χ0n) is 15.2. The van der Waals surface area contributed by atoms with Gasteiger partial charge in [0.15, 0.2) is 11.6 Å². The smallest absolute Gasteiger partial charge is 0.270 e. The molecule has 0 unspecified atom stereocenters. The summed E-state index contributed by atoms with van der Waals surface area (Å²) in [5, 5.41) is 9.42. The van der Waals surface area contributed by atoms with Crippen LogP contribution in [0.15, 0.2) is 73.4 Å². The average Bonchev–Trinajstić information content (AvgIpc) is 3.25. The second-order valence-corrected chi connectivity index (χ2v) is 6.13. The molecule has 0 bridgehead atoms. The molecule has 0 radical (unpaired) electrons. The third-order valence-electron chi connectivity index (χ3n) is 4.17. The van der Waals surface area contributed by atoms with Crippen LogP contribution < -0.4 is 10.1 Å². The number of benzene rings is 1. The van der Waals surface area contributed by atoms with Crippen LogP contribution >= 0.6 is 0 Å². The third-order valence-corrected chi connectivity index (χ3v) is 4.17. The first-order chi connectivity index (χ1) is 14.2. The van der Waals surface area contributed by atoms with Gasteiger partial charge in [0.05, 0.1) is 12.4 Å². The molecule has 1 amide bonds. The molecule has 29 heavy (non-hydrogen) atoms. The second kappa shape index (κ2) is 8.30. The Kier molecular flexibility index (Phi) is 5.24. The highest BCUT2D eigenvalue weighted by molar-refractivity contribution is 5.98. The molecule has 1 aromatic carbocycles. The molecular weight excluding hydrogens is 373 g/mol. The number of carbonyl (C=O) groups is 1. The van der Waals surface area contributed by atoms with Crippen LogP contribution in [0.3, 0.4) is 0 Å². The van der Waals surface area contributed by atoms with Gasteiger partial charge in [0.1, 0.15) is 11.4 Å². The summed E-state index contributed by atoms with van der Waals surface area (Å²) < 4.78 is 19.8. The fourth-order valence-electron chi connectivity index (χ4n) is 2.75. The number of aromatic amines is 1. The lowest BCUT2D eigenvalue weighted by Gasteiger charge is -2.09. The second-order valence-electron chi connectivity index (χ2n) is 6.13. The zero-order valence-corrected chi connectivity index (χ0v) is 15.2. The third kappa shape index (κ3) is 4.27. The Morgan fingerprint density at radius 1 is 1.07 bits per heavy atom. The monoisotopic (exact) mass is 389 g/mol. The highest BCUT2D eigenvalue weighted by Gasteiger charge is 2.15. The van der Waals surface area contributed by atoms with Gasteiger partial charge in [0.2, 0.25) is 0 Å². The van der Waals surface area contributed by atoms with Crippen LogP contribution in [0, 0.1) is 5.82 Å². The maximum Gasteiger partial charge on any atom is 0.270 e. The largest absolute Gasteiger partial charge is 0.453 e. The number of amides is 1. The Labute approximate surface area is 165 Å². The van der Waals surface area contributed by atoms with Gasteiger partial charge in [0.25, 0.3) is 5.91 Å². The van der Waals surface area contributed by atoms with E-state index < -0.39 is 5.82 Å². The number of H-pyrrole nitrogens is 1. The lowest BCUT2D eigenvalue weighted by Crippen LogP contribution is -2.23. The predicted molar refractivity (Wildman–Crippen MR) is 104 cm³/mol. The van der Waals surface area contributed by atoms with Crippen LogP contribution in [-0.2, 0) is 6.54 Å². The summed E-state index contributed by atoms with van der Waals surface area (Å²) >= 11 is 0. The highest BCUT2D eigenvalue weighted by Crippen LogP contribution is 2.25. The molecule has 0 saturated heterocycles. The molecule has 0 atom stereocenters. The van der Waals surface area contributed by atoms with E-state index in [2.05, 4.69) is 25.5 Å². The van der Waals surface area contributed by atoms with E-state index in [1.807, 2.05) is 0 Å². The molecule has 4 aromatic rings. The van der Waals surface area contributed by atoms with Gasteiger partial charge < -0.3 is 10.1 Å². The normalized spacial score (nSPS) is 10.5. The first kappa shape index (κ1) is 18.3. The number of hydrogen-bond acceptors (Lipinski definition) is 5. The van der Waals surface area contributed by atoms with Crippen LogP contribution in [0.2, 0.25) is 0 Å². The van der Waals surface area contributed by atoms with Crippen molar-refractivity contribution in [3.05, 3.63) is 90.5 Å². The minimum absolute atomic E-state index is 0.0848. The summed E-state index contributed by atoms with van der Waals surface area (Å²) in [6, 6.07) is 11.5. The molecule has 3 heterocycles. The number of nitrogens with zero attached hydrogens (tertiary/aromatic N) is 3. The Balaban J connectivity index is 1.43. The lowest BCUT2D eigenvalue weighted by molar-refractivity contribution is 0.0946. The van der Waals surface area contributed by atoms with Gasteiger partial charge in [-0.3, -0.25) is 19.9 Å². The van der Waals surface area contributed by atoms with Gasteiger partial charge in [-0.25, -0.2) is 4.39 Å². The molecule has 0 spiro atoms. The van der Waals surface area contributed by atoms with E-state index in [-0.39, 0.29) is 18.2 Å². The molecule has 0 aliphatic heterocycles. The first-order valence-electron chi connectivity index (χ1n) is 8.79. The Hall–Kier alpha value is -4.07. The number of pyridine rings is 2. The van der Waals surface area contributed by atoms with Crippen molar-refractivity contribution in [1.82, 2.24) is 25.5 Å². The topological polar surface area (TPSA) is 92.8 Å². The summed E-state index contributed by atoms with van der Waals surface area (Å²) in [6.07, 6.45) is 7.96. The van der Waals surface area contributed by atoms with Gasteiger partial charge in [-0.2, -0.15) is 5.10 Å². The number of halogens is 1. The molecule has 2 N–H and O–H groups in total. The molecule has 4 rings (SSSR count). The molecule has 3 aromatic heterocycles. The van der Waals surface area contributed by atoms with Gasteiger partial charge >= 0.3 is 0 Å². The van der Waals surface area contributed by atoms with E-state index in [0.29, 0.717) is 22.6 Å². The molecule has 0 aliphatic carbocycles. The summed E-state index contributed by atoms with van der Waals surface area (Å²) in [5.74, 6) is -0.345. The minimum Gasteiger partial charge on any atom is -0.453 e. The van der Waals surface area contributed by atoms with Gasteiger partial charge in [-0.05, 0) is 47.5 Å². The number of hydrogen-bond donors (Lipinski definition) is 2. The predicted octanol–water partition coefficient (Wildman–Crippen LogP) is 3.73. The SMILES string of the molecule is O=C(NCc1ccc(Oc2cccnc2)c(F)c1)c1[nH]ncc1-c1ccncc1. The Bertz CT molecular complexity index is 1120. The van der Waals surface area contributed by atoms with E-state index in [1.165, 1.54) is 18.3 Å². The Morgan fingerprint density at radius 3 is 2.69 bits per heavy atom. The van der Waals surface area contributed by atoms with Gasteiger partial charge in [0, 0.05) is 30.7 Å². The molecular formula is C21H16FN5O2. The lowest BCUT2D eigenvalue weighted by atomic mass is 10.1. The zero-order chi connectivity index (χ0) is 20.1. The van der Waals surface area contributed by atoms with Crippen LogP contribution in [0.1, 0.15) is 16.1 Å². The van der Waals surface area contributed by atoms with Crippen molar-refractivity contribution in [2.45, 2.75) is 6.54 Å². The summed E-state index contributed by atoms with van der Waals surface area (Å²) in [4.78, 5) is 20.4. The molecule has 8 heteroatoms. The summed E-state index contributed by atoms with van der Waals surface area (Å²) in [6.45, 7) is 0.151. The van der Waals surface area contributed by atoms with Crippen molar-refractivity contribution < 1.29 is 13.9 Å². The van der Waals surface area contributed by atoms with Crippen molar-refractivity contribution in [3.63, 3.8) is 0 Å². The highest BCUT2D eigenvalue weighted by atomic mass is 19.1. The minimum atomic E-state index is -0.528. The van der Waals surface area contributed by atoms with E-state index in [4.69, 9.17) is 4.74 Å². The van der Waals surface area contributed by atoms with E-state index in [9.17, 15) is 9.18 Å². The quantitative estimate of drug-likeness (QED) is 0.524. The maximum absolute atomic E-state index is 14.3. The molecule has 144 valence electrons. The number of aromatic nitrogens is 4. The summed E-state index contributed by atoms with van der Waals surface area (Å²) in [5.41, 5.74) is 2.41. The molecule has 0 fully saturated rings. The first-order valence-corrected chi connectivity index (χ1v) is 8.79. The average molecular weight is 389 g/mol. The van der Waals surface area contributed by atoms with E-state index in [0.717, 1.165) is 5.56 Å². The van der Waals surface area contributed by atoms with Gasteiger partial charge in [-0.1, -0.05) is 6.07 Å². The molecule has 0 saturated carbocycles. The van der Waals surface area contributed by atoms with E-state index in [1.54, 1.807) is 55.1 Å². The van der Waals surface area contributed by atoms with Crippen molar-refractivity contribution in [1.29, 1.82) is 0 Å². The van der Waals surface area contributed by atoms with Crippen molar-refractivity contribution in [2.75, 3.05) is 0 Å². The van der Waals surface area contributed by atoms with Crippen LogP contribution in [0.5, 0.6) is 11.5 Å². The van der Waals surface area contributed by atoms with Crippen molar-refractivity contribution >= 4 is 5.91 Å². The van der Waals surface area contributed by atoms with Crippen molar-refractivity contribution in [3.8, 4) is 22.6 Å². The van der Waals surface area contributed by atoms with Crippen LogP contribution in [-0.4, -0.2) is 26.1 Å². The van der Waals surface area contributed by atoms with Crippen LogP contribution in [0.4, 0.5) is 4.39 Å². The summed E-state index contributed by atoms with van der Waals surface area (Å²) in [7, 11) is 0.